The number of nitriles is 2. The topological polar surface area (TPSA) is 107 Å². The molecular formula is C14H11N3O3S. The van der Waals surface area contributed by atoms with E-state index in [0.29, 0.717) is 5.76 Å². The third-order valence-corrected chi connectivity index (χ3v) is 4.29. The first kappa shape index (κ1) is 14.6. The molecule has 0 saturated carbocycles. The van der Waals surface area contributed by atoms with Crippen LogP contribution in [-0.4, -0.2) is 8.42 Å². The molecular weight excluding hydrogens is 290 g/mol. The highest BCUT2D eigenvalue weighted by molar-refractivity contribution is 7.92. The number of hydrogen-bond acceptors (Lipinski definition) is 5. The molecule has 0 aliphatic heterocycles. The number of benzene rings is 1. The summed E-state index contributed by atoms with van der Waals surface area (Å²) in [5.74, 6) is 0.777. The Morgan fingerprint density at radius 3 is 2.29 bits per heavy atom. The fraction of sp³-hybridized carbons (Fsp3) is 0.143. The molecule has 0 atom stereocenters. The minimum Gasteiger partial charge on any atom is -0.465 e. The summed E-state index contributed by atoms with van der Waals surface area (Å²) in [6.45, 7) is 3.21. The fourth-order valence-corrected chi connectivity index (χ4v) is 3.17. The van der Waals surface area contributed by atoms with E-state index in [-0.39, 0.29) is 27.5 Å². The van der Waals surface area contributed by atoms with Crippen LogP contribution >= 0.6 is 0 Å². The van der Waals surface area contributed by atoms with Gasteiger partial charge in [-0.05, 0) is 32.0 Å². The molecule has 0 spiro atoms. The Morgan fingerprint density at radius 1 is 1.10 bits per heavy atom. The molecule has 1 N–H and O–H groups in total. The lowest BCUT2D eigenvalue weighted by molar-refractivity contribution is 0.496. The quantitative estimate of drug-likeness (QED) is 0.936. The van der Waals surface area contributed by atoms with Gasteiger partial charge in [-0.2, -0.15) is 10.5 Å². The first-order chi connectivity index (χ1) is 9.87. The van der Waals surface area contributed by atoms with Crippen molar-refractivity contribution >= 4 is 15.7 Å². The number of furan rings is 1. The smallest absolute Gasteiger partial charge is 0.265 e. The Morgan fingerprint density at radius 2 is 1.76 bits per heavy atom. The number of aryl methyl sites for hydroxylation is 2. The van der Waals surface area contributed by atoms with Gasteiger partial charge >= 0.3 is 0 Å². The van der Waals surface area contributed by atoms with Crippen LogP contribution in [0.2, 0.25) is 0 Å². The third kappa shape index (κ3) is 2.88. The van der Waals surface area contributed by atoms with Crippen LogP contribution in [0.3, 0.4) is 0 Å². The molecule has 1 aromatic carbocycles. The summed E-state index contributed by atoms with van der Waals surface area (Å²) in [5, 5.41) is 17.8. The predicted molar refractivity (Wildman–Crippen MR) is 74.9 cm³/mol. The second-order valence-corrected chi connectivity index (χ2v) is 6.02. The molecule has 0 saturated heterocycles. The minimum atomic E-state index is -3.80. The summed E-state index contributed by atoms with van der Waals surface area (Å²) < 4.78 is 32.1. The fourth-order valence-electron chi connectivity index (χ4n) is 1.88. The number of rotatable bonds is 3. The van der Waals surface area contributed by atoms with Crippen LogP contribution in [0.15, 0.2) is 33.6 Å². The highest BCUT2D eigenvalue weighted by atomic mass is 32.2. The summed E-state index contributed by atoms with van der Waals surface area (Å²) in [6.07, 6.45) is 0. The van der Waals surface area contributed by atoms with E-state index in [0.717, 1.165) is 0 Å². The SMILES string of the molecule is Cc1cc(S(=O)(=O)Nc2ccc(C#N)c(C#N)c2)c(C)o1. The Balaban J connectivity index is 2.41. The zero-order valence-electron chi connectivity index (χ0n) is 11.3. The Hall–Kier alpha value is -2.77. The van der Waals surface area contributed by atoms with Gasteiger partial charge in [0.15, 0.2) is 0 Å². The molecule has 1 aromatic heterocycles. The van der Waals surface area contributed by atoms with Gasteiger partial charge in [-0.1, -0.05) is 0 Å². The first-order valence-corrected chi connectivity index (χ1v) is 7.40. The maximum absolute atomic E-state index is 12.3. The van der Waals surface area contributed by atoms with Crippen LogP contribution in [0.25, 0.3) is 0 Å². The van der Waals surface area contributed by atoms with Gasteiger partial charge in [0.1, 0.15) is 28.6 Å². The van der Waals surface area contributed by atoms with Crippen LogP contribution in [0.1, 0.15) is 22.6 Å². The van der Waals surface area contributed by atoms with Gasteiger partial charge < -0.3 is 4.42 Å². The minimum absolute atomic E-state index is 0.0443. The lowest BCUT2D eigenvalue weighted by Crippen LogP contribution is -2.13. The van der Waals surface area contributed by atoms with Crippen LogP contribution in [0, 0.1) is 36.5 Å². The maximum Gasteiger partial charge on any atom is 0.265 e. The number of nitrogens with zero attached hydrogens (tertiary/aromatic N) is 2. The van der Waals surface area contributed by atoms with Crippen molar-refractivity contribution in [3.05, 3.63) is 46.9 Å². The zero-order chi connectivity index (χ0) is 15.6. The van der Waals surface area contributed by atoms with Gasteiger partial charge in [-0.25, -0.2) is 8.42 Å². The number of hydrogen-bond donors (Lipinski definition) is 1. The summed E-state index contributed by atoms with van der Waals surface area (Å²) in [6, 6.07) is 9.28. The van der Waals surface area contributed by atoms with Gasteiger partial charge in [0.2, 0.25) is 0 Å². The zero-order valence-corrected chi connectivity index (χ0v) is 12.2. The van der Waals surface area contributed by atoms with Gasteiger partial charge in [0.05, 0.1) is 16.8 Å². The Bertz CT molecular complexity index is 883. The van der Waals surface area contributed by atoms with Crippen molar-refractivity contribution in [3.63, 3.8) is 0 Å². The van der Waals surface area contributed by atoms with Gasteiger partial charge in [0.25, 0.3) is 10.0 Å². The van der Waals surface area contributed by atoms with Crippen molar-refractivity contribution in [3.8, 4) is 12.1 Å². The lowest BCUT2D eigenvalue weighted by atomic mass is 10.1. The molecule has 2 rings (SSSR count). The molecule has 6 nitrogen and oxygen atoms in total. The molecule has 7 heteroatoms. The van der Waals surface area contributed by atoms with Crippen molar-refractivity contribution in [2.45, 2.75) is 18.7 Å². The third-order valence-electron chi connectivity index (χ3n) is 2.80. The van der Waals surface area contributed by atoms with Crippen LogP contribution in [0.4, 0.5) is 5.69 Å². The average molecular weight is 301 g/mol. The van der Waals surface area contributed by atoms with Gasteiger partial charge in [-0.3, -0.25) is 4.72 Å². The second kappa shape index (κ2) is 5.31. The van der Waals surface area contributed by atoms with Crippen LogP contribution in [0.5, 0.6) is 0 Å². The van der Waals surface area contributed by atoms with E-state index in [9.17, 15) is 8.42 Å². The molecule has 0 amide bonds. The van der Waals surface area contributed by atoms with E-state index in [2.05, 4.69) is 4.72 Å². The molecule has 1 heterocycles. The van der Waals surface area contributed by atoms with Crippen molar-refractivity contribution < 1.29 is 12.8 Å². The Labute approximate surface area is 122 Å². The highest BCUT2D eigenvalue weighted by Gasteiger charge is 2.21. The van der Waals surface area contributed by atoms with Gasteiger partial charge in [-0.15, -0.1) is 0 Å². The Kier molecular flexibility index (Phi) is 3.70. The molecule has 0 radical (unpaired) electrons. The van der Waals surface area contributed by atoms with E-state index < -0.39 is 10.0 Å². The number of sulfonamides is 1. The summed E-state index contributed by atoms with van der Waals surface area (Å²) in [4.78, 5) is 0.0443. The van der Waals surface area contributed by atoms with Gasteiger partial charge in [0, 0.05) is 6.07 Å². The number of anilines is 1. The van der Waals surface area contributed by atoms with Crippen molar-refractivity contribution in [1.29, 1.82) is 10.5 Å². The van der Waals surface area contributed by atoms with Crippen molar-refractivity contribution in [2.75, 3.05) is 4.72 Å². The molecule has 0 unspecified atom stereocenters. The lowest BCUT2D eigenvalue weighted by Gasteiger charge is -2.07. The van der Waals surface area contributed by atoms with E-state index in [1.807, 2.05) is 12.1 Å². The molecule has 0 bridgehead atoms. The highest BCUT2D eigenvalue weighted by Crippen LogP contribution is 2.23. The first-order valence-electron chi connectivity index (χ1n) is 5.91. The van der Waals surface area contributed by atoms with Crippen molar-refractivity contribution in [1.82, 2.24) is 0 Å². The second-order valence-electron chi connectivity index (χ2n) is 4.37. The van der Waals surface area contributed by atoms with E-state index >= 15 is 0 Å². The van der Waals surface area contributed by atoms with Crippen LogP contribution < -0.4 is 4.72 Å². The monoisotopic (exact) mass is 301 g/mol. The average Bonchev–Trinajstić information content (AvgIpc) is 2.78. The molecule has 0 aliphatic rings. The molecule has 2 aromatic rings. The summed E-state index contributed by atoms with van der Waals surface area (Å²) >= 11 is 0. The standard InChI is InChI=1S/C14H11N3O3S/c1-9-5-14(10(2)20-9)21(18,19)17-13-4-3-11(7-15)12(6-13)8-16/h3-6,17H,1-2H3. The molecule has 0 fully saturated rings. The molecule has 21 heavy (non-hydrogen) atoms. The van der Waals surface area contributed by atoms with E-state index in [4.69, 9.17) is 14.9 Å². The van der Waals surface area contributed by atoms with E-state index in [1.165, 1.54) is 24.3 Å². The number of nitrogens with one attached hydrogen (secondary N) is 1. The van der Waals surface area contributed by atoms with Crippen LogP contribution in [-0.2, 0) is 10.0 Å². The summed E-state index contributed by atoms with van der Waals surface area (Å²) in [7, 11) is -3.80. The largest absolute Gasteiger partial charge is 0.465 e. The predicted octanol–water partition coefficient (Wildman–Crippen LogP) is 2.44. The normalized spacial score (nSPS) is 10.7. The van der Waals surface area contributed by atoms with Crippen molar-refractivity contribution in [2.24, 2.45) is 0 Å². The maximum atomic E-state index is 12.3. The van der Waals surface area contributed by atoms with E-state index in [1.54, 1.807) is 13.8 Å². The molecule has 0 aliphatic carbocycles. The summed E-state index contributed by atoms with van der Waals surface area (Å²) in [5.41, 5.74) is 0.511. The molecule has 106 valence electrons.